The number of hydrogen-bond acceptors (Lipinski definition) is 8. The minimum atomic E-state index is -3.16. The Balaban J connectivity index is 1.81. The van der Waals surface area contributed by atoms with Gasteiger partial charge in [0.25, 0.3) is 11.5 Å². The number of rotatable bonds is 3. The number of carbonyl (C=O) groups excluding carboxylic acids is 1. The third-order valence-corrected chi connectivity index (χ3v) is 9.13. The van der Waals surface area contributed by atoms with Crippen molar-refractivity contribution >= 4 is 55.9 Å². The van der Waals surface area contributed by atoms with E-state index in [1.165, 1.54) is 9.47 Å². The monoisotopic (exact) mass is 478 g/mol. The molecule has 1 amide bonds. The first kappa shape index (κ1) is 22.0. The minimum Gasteiger partial charge on any atom is -0.357 e. The molecule has 0 radical (unpaired) electrons. The summed E-state index contributed by atoms with van der Waals surface area (Å²) in [5.74, 6) is 0.338. The third kappa shape index (κ3) is 3.81. The van der Waals surface area contributed by atoms with Crippen molar-refractivity contribution in [3.63, 3.8) is 0 Å². The Morgan fingerprint density at radius 2 is 1.94 bits per heavy atom. The van der Waals surface area contributed by atoms with E-state index >= 15 is 0 Å². The van der Waals surface area contributed by atoms with Crippen LogP contribution < -0.4 is 10.5 Å². The predicted octanol–water partition coefficient (Wildman–Crippen LogP) is 1.55. The average molecular weight is 479 g/mol. The quantitative estimate of drug-likeness (QED) is 0.476. The third-order valence-electron chi connectivity index (χ3n) is 6.05. The Morgan fingerprint density at radius 3 is 2.52 bits per heavy atom. The van der Waals surface area contributed by atoms with Crippen molar-refractivity contribution in [3.05, 3.63) is 31.9 Å². The average Bonchev–Trinajstić information content (AvgIpc) is 3.41. The highest BCUT2D eigenvalue weighted by Crippen LogP contribution is 2.38. The molecule has 0 aliphatic carbocycles. The van der Waals surface area contributed by atoms with Crippen LogP contribution in [0.25, 0.3) is 6.08 Å². The van der Waals surface area contributed by atoms with E-state index in [1.807, 2.05) is 6.07 Å². The molecule has 0 aromatic carbocycles. The zero-order valence-corrected chi connectivity index (χ0v) is 19.7. The number of thioether (sulfide) groups is 1. The van der Waals surface area contributed by atoms with E-state index < -0.39 is 15.9 Å². The van der Waals surface area contributed by atoms with Gasteiger partial charge in [-0.2, -0.15) is 5.26 Å². The molecule has 4 rings (SSSR count). The van der Waals surface area contributed by atoms with Gasteiger partial charge >= 0.3 is 0 Å². The van der Waals surface area contributed by atoms with Gasteiger partial charge in [0.2, 0.25) is 0 Å². The van der Waals surface area contributed by atoms with Gasteiger partial charge in [-0.3, -0.25) is 19.1 Å². The number of anilines is 1. The van der Waals surface area contributed by atoms with Crippen LogP contribution in [-0.4, -0.2) is 58.7 Å². The van der Waals surface area contributed by atoms with Crippen LogP contribution in [0.5, 0.6) is 0 Å². The summed E-state index contributed by atoms with van der Waals surface area (Å²) in [4.78, 5) is 29.8. The molecular weight excluding hydrogens is 456 g/mol. The zero-order chi connectivity index (χ0) is 22.5. The molecule has 164 valence electrons. The van der Waals surface area contributed by atoms with Crippen LogP contribution in [0, 0.1) is 18.3 Å². The van der Waals surface area contributed by atoms with E-state index in [-0.39, 0.29) is 28.5 Å². The molecule has 1 aromatic heterocycles. The smallest absolute Gasteiger partial charge is 0.270 e. The van der Waals surface area contributed by atoms with Crippen LogP contribution >= 0.6 is 24.0 Å². The fraction of sp³-hybridized carbons (Fsp3) is 0.500. The lowest BCUT2D eigenvalue weighted by atomic mass is 10.0. The molecule has 1 unspecified atom stereocenters. The molecule has 0 N–H and O–H groups in total. The van der Waals surface area contributed by atoms with Gasteiger partial charge in [-0.05, 0) is 37.8 Å². The first-order valence-corrected chi connectivity index (χ1v) is 13.1. The van der Waals surface area contributed by atoms with E-state index in [9.17, 15) is 23.3 Å². The van der Waals surface area contributed by atoms with Crippen LogP contribution in [0.4, 0.5) is 5.82 Å². The van der Waals surface area contributed by atoms with Crippen LogP contribution in [0.1, 0.15) is 36.0 Å². The maximum absolute atomic E-state index is 13.2. The van der Waals surface area contributed by atoms with Crippen molar-refractivity contribution in [2.75, 3.05) is 29.5 Å². The Morgan fingerprint density at radius 1 is 1.26 bits per heavy atom. The largest absolute Gasteiger partial charge is 0.357 e. The lowest BCUT2D eigenvalue weighted by Gasteiger charge is -2.25. The molecule has 3 aliphatic heterocycles. The predicted molar refractivity (Wildman–Crippen MR) is 125 cm³/mol. The van der Waals surface area contributed by atoms with E-state index in [2.05, 4.69) is 4.90 Å². The molecule has 3 aliphatic rings. The number of hydrogen-bond donors (Lipinski definition) is 0. The first-order valence-electron chi connectivity index (χ1n) is 10.0. The fourth-order valence-corrected chi connectivity index (χ4v) is 7.51. The van der Waals surface area contributed by atoms with Gasteiger partial charge in [0.1, 0.15) is 21.8 Å². The van der Waals surface area contributed by atoms with E-state index in [1.54, 1.807) is 20.0 Å². The number of aromatic nitrogens is 1. The molecule has 4 heterocycles. The molecule has 0 spiro atoms. The molecule has 3 saturated heterocycles. The van der Waals surface area contributed by atoms with E-state index in [0.29, 0.717) is 32.6 Å². The van der Waals surface area contributed by atoms with Crippen molar-refractivity contribution in [1.82, 2.24) is 9.47 Å². The Labute approximate surface area is 190 Å². The topological polar surface area (TPSA) is 103 Å². The Kier molecular flexibility index (Phi) is 5.74. The van der Waals surface area contributed by atoms with Crippen LogP contribution in [-0.2, 0) is 21.7 Å². The molecular formula is C20H22N4O4S3. The summed E-state index contributed by atoms with van der Waals surface area (Å²) in [5.41, 5.74) is 0.873. The minimum absolute atomic E-state index is 0.0501. The van der Waals surface area contributed by atoms with Gasteiger partial charge in [0.05, 0.1) is 22.5 Å². The highest BCUT2D eigenvalue weighted by atomic mass is 32.2. The summed E-state index contributed by atoms with van der Waals surface area (Å²) < 4.78 is 25.6. The Bertz CT molecular complexity index is 1220. The van der Waals surface area contributed by atoms with Crippen molar-refractivity contribution < 1.29 is 13.2 Å². The standard InChI is InChI=1S/C20H22N4O4S3/c1-12-14(17(23-6-3-4-7-23)22(2)18(25)15(12)10-21)9-16-19(26)24(20(29)30-16)13-5-8-31(27,28)11-13/h9,13H,3-8,11H2,1-2H3/b16-9-. The number of nitriles is 1. The van der Waals surface area contributed by atoms with E-state index in [0.717, 1.165) is 37.7 Å². The van der Waals surface area contributed by atoms with Crippen molar-refractivity contribution in [1.29, 1.82) is 5.26 Å². The summed E-state index contributed by atoms with van der Waals surface area (Å²) in [7, 11) is -1.52. The molecule has 1 aromatic rings. The first-order chi connectivity index (χ1) is 14.6. The van der Waals surface area contributed by atoms with Crippen molar-refractivity contribution in [2.24, 2.45) is 7.05 Å². The molecule has 31 heavy (non-hydrogen) atoms. The number of pyridine rings is 1. The molecule has 8 nitrogen and oxygen atoms in total. The number of nitrogens with zero attached hydrogens (tertiary/aromatic N) is 4. The zero-order valence-electron chi connectivity index (χ0n) is 17.3. The Hall–Kier alpha value is -2.16. The number of amides is 1. The molecule has 11 heteroatoms. The lowest BCUT2D eigenvalue weighted by Crippen LogP contribution is -2.39. The van der Waals surface area contributed by atoms with Gasteiger partial charge in [0.15, 0.2) is 9.84 Å². The normalized spacial score (nSPS) is 24.4. The van der Waals surface area contributed by atoms with Gasteiger partial charge in [0, 0.05) is 25.7 Å². The van der Waals surface area contributed by atoms with Crippen LogP contribution in [0.15, 0.2) is 9.70 Å². The highest BCUT2D eigenvalue weighted by molar-refractivity contribution is 8.26. The maximum atomic E-state index is 13.2. The second-order valence-electron chi connectivity index (χ2n) is 8.02. The van der Waals surface area contributed by atoms with E-state index in [4.69, 9.17) is 12.2 Å². The molecule has 0 bridgehead atoms. The van der Waals surface area contributed by atoms with Crippen molar-refractivity contribution in [3.8, 4) is 6.07 Å². The van der Waals surface area contributed by atoms with Gasteiger partial charge in [-0.1, -0.05) is 24.0 Å². The number of sulfone groups is 1. The van der Waals surface area contributed by atoms with Crippen LogP contribution in [0.2, 0.25) is 0 Å². The summed E-state index contributed by atoms with van der Waals surface area (Å²) in [6, 6.07) is 1.55. The fourth-order valence-electron chi connectivity index (χ4n) is 4.43. The molecule has 1 atom stereocenters. The van der Waals surface area contributed by atoms with Gasteiger partial charge in [-0.25, -0.2) is 8.42 Å². The van der Waals surface area contributed by atoms with Crippen molar-refractivity contribution in [2.45, 2.75) is 32.2 Å². The summed E-state index contributed by atoms with van der Waals surface area (Å²) in [5, 5.41) is 9.54. The lowest BCUT2D eigenvalue weighted by molar-refractivity contribution is -0.123. The van der Waals surface area contributed by atoms with Crippen LogP contribution in [0.3, 0.4) is 0 Å². The number of carbonyl (C=O) groups is 1. The SMILES string of the molecule is Cc1c(/C=C2\SC(=S)N(C3CCS(=O)(=O)C3)C2=O)c(N2CCCC2)n(C)c(=O)c1C#N. The summed E-state index contributed by atoms with van der Waals surface area (Å²) in [6.07, 6.45) is 4.08. The highest BCUT2D eigenvalue weighted by Gasteiger charge is 2.42. The summed E-state index contributed by atoms with van der Waals surface area (Å²) >= 11 is 6.54. The maximum Gasteiger partial charge on any atom is 0.270 e. The number of thiocarbonyl (C=S) groups is 1. The van der Waals surface area contributed by atoms with Gasteiger partial charge < -0.3 is 4.90 Å². The molecule has 0 saturated carbocycles. The van der Waals surface area contributed by atoms with Gasteiger partial charge in [-0.15, -0.1) is 0 Å². The summed E-state index contributed by atoms with van der Waals surface area (Å²) in [6.45, 7) is 3.30. The molecule has 3 fully saturated rings. The second kappa shape index (κ2) is 8.07. The second-order valence-corrected chi connectivity index (χ2v) is 11.9.